The maximum Gasteiger partial charge on any atom is 0.249 e. The van der Waals surface area contributed by atoms with E-state index in [0.29, 0.717) is 13.2 Å². The van der Waals surface area contributed by atoms with Crippen LogP contribution in [-0.4, -0.2) is 26.2 Å². The summed E-state index contributed by atoms with van der Waals surface area (Å²) in [6.45, 7) is 2.48. The molecule has 5 heteroatoms. The van der Waals surface area contributed by atoms with Gasteiger partial charge in [0.05, 0.1) is 20.8 Å². The van der Waals surface area contributed by atoms with Crippen LogP contribution in [0.25, 0.3) is 0 Å². The van der Waals surface area contributed by atoms with Crippen molar-refractivity contribution in [2.45, 2.75) is 26.2 Å². The van der Waals surface area contributed by atoms with Crippen molar-refractivity contribution >= 4 is 5.91 Å². The van der Waals surface area contributed by atoms with Crippen LogP contribution >= 0.6 is 0 Å². The van der Waals surface area contributed by atoms with Crippen molar-refractivity contribution in [3.63, 3.8) is 0 Å². The molecule has 0 saturated heterocycles. The third-order valence-corrected chi connectivity index (χ3v) is 3.65. The minimum atomic E-state index is -0.550. The van der Waals surface area contributed by atoms with Crippen molar-refractivity contribution in [3.05, 3.63) is 59.7 Å². The van der Waals surface area contributed by atoms with Gasteiger partial charge in [0.2, 0.25) is 5.91 Å². The topological polar surface area (TPSA) is 56.8 Å². The molecule has 0 aliphatic carbocycles. The van der Waals surface area contributed by atoms with E-state index in [-0.39, 0.29) is 5.91 Å². The molecule has 0 unspecified atom stereocenters. The highest BCUT2D eigenvalue weighted by molar-refractivity contribution is 5.80. The van der Waals surface area contributed by atoms with Crippen LogP contribution in [-0.2, 0) is 22.7 Å². The summed E-state index contributed by atoms with van der Waals surface area (Å²) in [7, 11) is 3.23. The molecule has 24 heavy (non-hydrogen) atoms. The third-order valence-electron chi connectivity index (χ3n) is 3.65. The Morgan fingerprint density at radius 3 is 2.62 bits per heavy atom. The van der Waals surface area contributed by atoms with Crippen LogP contribution in [0.3, 0.4) is 0 Å². The number of benzene rings is 2. The first-order chi connectivity index (χ1) is 11.6. The van der Waals surface area contributed by atoms with E-state index < -0.39 is 6.10 Å². The van der Waals surface area contributed by atoms with Gasteiger partial charge in [-0.25, -0.2) is 0 Å². The summed E-state index contributed by atoms with van der Waals surface area (Å²) in [5.41, 5.74) is 1.88. The van der Waals surface area contributed by atoms with Gasteiger partial charge in [0.1, 0.15) is 17.6 Å². The molecular formula is C19H23NO4. The van der Waals surface area contributed by atoms with Gasteiger partial charge in [-0.05, 0) is 30.7 Å². The molecule has 0 spiro atoms. The normalized spacial score (nSPS) is 11.6. The fourth-order valence-electron chi connectivity index (χ4n) is 2.23. The van der Waals surface area contributed by atoms with E-state index in [0.717, 1.165) is 22.6 Å². The molecule has 0 heterocycles. The number of carbonyl (C=O) groups is 1. The predicted molar refractivity (Wildman–Crippen MR) is 92.1 cm³/mol. The molecule has 128 valence electrons. The first kappa shape index (κ1) is 17.8. The van der Waals surface area contributed by atoms with Crippen molar-refractivity contribution in [2.75, 3.05) is 14.2 Å². The zero-order valence-corrected chi connectivity index (χ0v) is 14.2. The van der Waals surface area contributed by atoms with E-state index in [1.807, 2.05) is 48.5 Å². The molecule has 2 aromatic carbocycles. The predicted octanol–water partition coefficient (Wildman–Crippen LogP) is 2.93. The molecule has 2 rings (SSSR count). The highest BCUT2D eigenvalue weighted by Gasteiger charge is 2.14. The standard InChI is InChI=1S/C19H23NO4/c1-14(24-13-15-7-6-9-17(11-15)22-2)19(21)20-12-16-8-4-5-10-18(16)23-3/h4-11,14H,12-13H2,1-3H3,(H,20,21)/t14-/m0/s1. The van der Waals surface area contributed by atoms with Crippen LogP contribution in [0.4, 0.5) is 0 Å². The average Bonchev–Trinajstić information content (AvgIpc) is 2.64. The number of rotatable bonds is 8. The highest BCUT2D eigenvalue weighted by atomic mass is 16.5. The van der Waals surface area contributed by atoms with Crippen LogP contribution in [0.1, 0.15) is 18.1 Å². The molecule has 0 aliphatic rings. The Morgan fingerprint density at radius 1 is 1.08 bits per heavy atom. The molecule has 0 fully saturated rings. The first-order valence-electron chi connectivity index (χ1n) is 7.78. The van der Waals surface area contributed by atoms with Crippen molar-refractivity contribution in [3.8, 4) is 11.5 Å². The van der Waals surface area contributed by atoms with Crippen molar-refractivity contribution in [1.29, 1.82) is 0 Å². The molecule has 1 N–H and O–H groups in total. The molecule has 0 radical (unpaired) electrons. The summed E-state index contributed by atoms with van der Waals surface area (Å²) in [5, 5.41) is 2.86. The largest absolute Gasteiger partial charge is 0.497 e. The number of amides is 1. The van der Waals surface area contributed by atoms with Gasteiger partial charge in [0.25, 0.3) is 0 Å². The summed E-state index contributed by atoms with van der Waals surface area (Å²) in [4.78, 5) is 12.2. The number of carbonyl (C=O) groups excluding carboxylic acids is 1. The second-order valence-electron chi connectivity index (χ2n) is 5.33. The first-order valence-corrected chi connectivity index (χ1v) is 7.78. The third kappa shape index (κ3) is 4.99. The summed E-state index contributed by atoms with van der Waals surface area (Å²) in [6, 6.07) is 15.2. The van der Waals surface area contributed by atoms with Gasteiger partial charge in [0.15, 0.2) is 0 Å². The van der Waals surface area contributed by atoms with Gasteiger partial charge in [-0.2, -0.15) is 0 Å². The lowest BCUT2D eigenvalue weighted by molar-refractivity contribution is -0.132. The van der Waals surface area contributed by atoms with Gasteiger partial charge in [-0.1, -0.05) is 30.3 Å². The van der Waals surface area contributed by atoms with Crippen LogP contribution < -0.4 is 14.8 Å². The summed E-state index contributed by atoms with van der Waals surface area (Å²) >= 11 is 0. The van der Waals surface area contributed by atoms with E-state index >= 15 is 0 Å². The molecular weight excluding hydrogens is 306 g/mol. The molecule has 0 bridgehead atoms. The summed E-state index contributed by atoms with van der Waals surface area (Å²) in [6.07, 6.45) is -0.550. The quantitative estimate of drug-likeness (QED) is 0.809. The number of hydrogen-bond donors (Lipinski definition) is 1. The Balaban J connectivity index is 1.83. The lowest BCUT2D eigenvalue weighted by Crippen LogP contribution is -2.34. The van der Waals surface area contributed by atoms with Gasteiger partial charge in [-0.3, -0.25) is 4.79 Å². The van der Waals surface area contributed by atoms with Crippen molar-refractivity contribution in [1.82, 2.24) is 5.32 Å². The fraction of sp³-hybridized carbons (Fsp3) is 0.316. The van der Waals surface area contributed by atoms with Crippen LogP contribution in [0.15, 0.2) is 48.5 Å². The fourth-order valence-corrected chi connectivity index (χ4v) is 2.23. The van der Waals surface area contributed by atoms with E-state index in [9.17, 15) is 4.79 Å². The second kappa shape index (κ2) is 8.93. The Morgan fingerprint density at radius 2 is 1.88 bits per heavy atom. The Labute approximate surface area is 142 Å². The maximum atomic E-state index is 12.2. The summed E-state index contributed by atoms with van der Waals surface area (Å²) in [5.74, 6) is 1.36. The average molecular weight is 329 g/mol. The molecule has 1 atom stereocenters. The van der Waals surface area contributed by atoms with E-state index in [2.05, 4.69) is 5.32 Å². The van der Waals surface area contributed by atoms with Crippen LogP contribution in [0.5, 0.6) is 11.5 Å². The van der Waals surface area contributed by atoms with E-state index in [1.165, 1.54) is 0 Å². The van der Waals surface area contributed by atoms with Crippen molar-refractivity contribution < 1.29 is 19.0 Å². The smallest absolute Gasteiger partial charge is 0.249 e. The van der Waals surface area contributed by atoms with Crippen LogP contribution in [0.2, 0.25) is 0 Å². The van der Waals surface area contributed by atoms with E-state index in [1.54, 1.807) is 21.1 Å². The summed E-state index contributed by atoms with van der Waals surface area (Å²) < 4.78 is 16.1. The molecule has 0 aliphatic heterocycles. The molecule has 0 saturated carbocycles. The van der Waals surface area contributed by atoms with Gasteiger partial charge in [0, 0.05) is 12.1 Å². The Kier molecular flexibility index (Phi) is 6.63. The second-order valence-corrected chi connectivity index (χ2v) is 5.33. The monoisotopic (exact) mass is 329 g/mol. The zero-order valence-electron chi connectivity index (χ0n) is 14.2. The van der Waals surface area contributed by atoms with Crippen molar-refractivity contribution in [2.24, 2.45) is 0 Å². The van der Waals surface area contributed by atoms with Gasteiger partial charge < -0.3 is 19.5 Å². The molecule has 2 aromatic rings. The van der Waals surface area contributed by atoms with Crippen LogP contribution in [0, 0.1) is 0 Å². The number of nitrogens with one attached hydrogen (secondary N) is 1. The lowest BCUT2D eigenvalue weighted by atomic mass is 10.2. The van der Waals surface area contributed by atoms with E-state index in [4.69, 9.17) is 14.2 Å². The minimum Gasteiger partial charge on any atom is -0.497 e. The maximum absolute atomic E-state index is 12.2. The van der Waals surface area contributed by atoms with Gasteiger partial charge >= 0.3 is 0 Å². The zero-order chi connectivity index (χ0) is 17.4. The molecule has 0 aromatic heterocycles. The highest BCUT2D eigenvalue weighted by Crippen LogP contribution is 2.17. The number of para-hydroxylation sites is 1. The number of hydrogen-bond acceptors (Lipinski definition) is 4. The number of methoxy groups -OCH3 is 2. The Hall–Kier alpha value is -2.53. The number of ether oxygens (including phenoxy) is 3. The minimum absolute atomic E-state index is 0.163. The SMILES string of the molecule is COc1cccc(CO[C@@H](C)C(=O)NCc2ccccc2OC)c1. The molecule has 1 amide bonds. The van der Waals surface area contributed by atoms with Gasteiger partial charge in [-0.15, -0.1) is 0 Å². The molecule has 5 nitrogen and oxygen atoms in total. The lowest BCUT2D eigenvalue weighted by Gasteiger charge is -2.15. The Bertz CT molecular complexity index is 672.